The molecule has 0 rings (SSSR count). The summed E-state index contributed by atoms with van der Waals surface area (Å²) in [6.45, 7) is 3.92. The minimum Gasteiger partial charge on any atom is -0.480 e. The van der Waals surface area contributed by atoms with Gasteiger partial charge in [-0.1, -0.05) is 13.8 Å². The summed E-state index contributed by atoms with van der Waals surface area (Å²) in [5.41, 5.74) is 21.4. The monoisotopic (exact) mass is 518 g/mol. The average Bonchev–Trinajstić information content (AvgIpc) is 2.75. The van der Waals surface area contributed by atoms with E-state index in [9.17, 15) is 29.1 Å². The van der Waals surface area contributed by atoms with Gasteiger partial charge in [-0.2, -0.15) is 12.6 Å². The van der Waals surface area contributed by atoms with Gasteiger partial charge in [-0.05, 0) is 31.6 Å². The molecule has 0 aliphatic carbocycles. The number of hydrogen-bond acceptors (Lipinski definition) is 8. The van der Waals surface area contributed by atoms with Crippen molar-refractivity contribution in [2.75, 3.05) is 12.3 Å². The molecule has 0 saturated carbocycles. The van der Waals surface area contributed by atoms with E-state index in [0.717, 1.165) is 0 Å². The molecule has 0 bridgehead atoms. The van der Waals surface area contributed by atoms with Gasteiger partial charge in [-0.25, -0.2) is 4.79 Å². The maximum Gasteiger partial charge on any atom is 0.326 e. The Hall–Kier alpha value is -3.07. The van der Waals surface area contributed by atoms with E-state index in [1.807, 2.05) is 13.8 Å². The van der Waals surface area contributed by atoms with Gasteiger partial charge in [0.15, 0.2) is 5.96 Å². The molecule has 4 atom stereocenters. The molecule has 0 aliphatic rings. The lowest BCUT2D eigenvalue weighted by molar-refractivity contribution is -0.142. The third kappa shape index (κ3) is 14.0. The van der Waals surface area contributed by atoms with E-state index in [2.05, 4.69) is 33.6 Å². The highest BCUT2D eigenvalue weighted by molar-refractivity contribution is 7.80. The summed E-state index contributed by atoms with van der Waals surface area (Å²) in [5.74, 6) is -4.27. The lowest BCUT2D eigenvalue weighted by atomic mass is 10.0. The molecule has 15 heteroatoms. The number of guanidine groups is 1. The topological polar surface area (TPSA) is 258 Å². The maximum absolute atomic E-state index is 12.8. The van der Waals surface area contributed by atoms with Crippen LogP contribution in [0, 0.1) is 5.92 Å². The van der Waals surface area contributed by atoms with Crippen LogP contribution in [0.5, 0.6) is 0 Å². The zero-order valence-electron chi connectivity index (χ0n) is 20.0. The molecule has 0 saturated heterocycles. The standard InChI is InChI=1S/C20H38N8O6S/c1-10(2)8-13(17(31)26-12(19(33)34)5-6-15(22)29)27-18(32)14(9-35)28-16(30)11(21)4-3-7-25-20(23)24/h10-14,35H,3-9,21H2,1-2H3,(H2,22,29)(H,26,31)(H,27,32)(H,28,30)(H,33,34)(H4,23,24,25). The normalized spacial score (nSPS) is 14.2. The average molecular weight is 519 g/mol. The van der Waals surface area contributed by atoms with Gasteiger partial charge in [-0.3, -0.25) is 24.2 Å². The first-order valence-electron chi connectivity index (χ1n) is 11.1. The number of carbonyl (C=O) groups excluding carboxylic acids is 4. The van der Waals surface area contributed by atoms with Crippen molar-refractivity contribution in [2.45, 2.75) is 70.1 Å². The molecule has 14 nitrogen and oxygen atoms in total. The Bertz CT molecular complexity index is 775. The number of primary amides is 1. The Kier molecular flexibility index (Phi) is 15.1. The number of carbonyl (C=O) groups is 5. The zero-order chi connectivity index (χ0) is 27.1. The quantitative estimate of drug-likeness (QED) is 0.0414. The van der Waals surface area contributed by atoms with Gasteiger partial charge >= 0.3 is 5.97 Å². The molecule has 4 unspecified atom stereocenters. The number of rotatable bonds is 17. The van der Waals surface area contributed by atoms with Crippen molar-refractivity contribution in [1.29, 1.82) is 0 Å². The number of nitrogens with zero attached hydrogens (tertiary/aromatic N) is 1. The van der Waals surface area contributed by atoms with Gasteiger partial charge in [0.05, 0.1) is 6.04 Å². The molecular weight excluding hydrogens is 480 g/mol. The van der Waals surface area contributed by atoms with Crippen molar-refractivity contribution in [1.82, 2.24) is 16.0 Å². The van der Waals surface area contributed by atoms with Gasteiger partial charge in [0.1, 0.15) is 18.1 Å². The molecule has 4 amide bonds. The lowest BCUT2D eigenvalue weighted by Gasteiger charge is -2.25. The van der Waals surface area contributed by atoms with Gasteiger partial charge in [0, 0.05) is 18.7 Å². The second-order valence-corrected chi connectivity index (χ2v) is 8.76. The second kappa shape index (κ2) is 16.5. The number of nitrogens with two attached hydrogens (primary N) is 4. The molecule has 0 aromatic heterocycles. The minimum absolute atomic E-state index is 0.0392. The van der Waals surface area contributed by atoms with Gasteiger partial charge < -0.3 is 44.0 Å². The van der Waals surface area contributed by atoms with Crippen LogP contribution >= 0.6 is 12.6 Å². The van der Waals surface area contributed by atoms with E-state index in [1.54, 1.807) is 0 Å². The summed E-state index contributed by atoms with van der Waals surface area (Å²) >= 11 is 4.10. The van der Waals surface area contributed by atoms with Gasteiger partial charge in [0.2, 0.25) is 23.6 Å². The van der Waals surface area contributed by atoms with Crippen molar-refractivity contribution < 1.29 is 29.1 Å². The van der Waals surface area contributed by atoms with Crippen LogP contribution in [-0.2, 0) is 24.0 Å². The highest BCUT2D eigenvalue weighted by Crippen LogP contribution is 2.08. The summed E-state index contributed by atoms with van der Waals surface area (Å²) in [6.07, 6.45) is 0.468. The fourth-order valence-electron chi connectivity index (χ4n) is 2.91. The van der Waals surface area contributed by atoms with Crippen LogP contribution in [-0.4, -0.2) is 77.1 Å². The van der Waals surface area contributed by atoms with Crippen molar-refractivity contribution in [3.63, 3.8) is 0 Å². The number of thiol groups is 1. The highest BCUT2D eigenvalue weighted by atomic mass is 32.1. The van der Waals surface area contributed by atoms with Gasteiger partial charge in [0.25, 0.3) is 0 Å². The van der Waals surface area contributed by atoms with Crippen molar-refractivity contribution in [3.05, 3.63) is 0 Å². The smallest absolute Gasteiger partial charge is 0.326 e. The number of nitrogens with one attached hydrogen (secondary N) is 3. The minimum atomic E-state index is -1.36. The number of hydrogen-bond donors (Lipinski definition) is 9. The Morgan fingerprint density at radius 1 is 0.886 bits per heavy atom. The summed E-state index contributed by atoms with van der Waals surface area (Å²) in [7, 11) is 0. The molecule has 0 aromatic rings. The molecule has 0 spiro atoms. The number of carboxylic acids is 1. The largest absolute Gasteiger partial charge is 0.480 e. The lowest BCUT2D eigenvalue weighted by Crippen LogP contribution is -2.57. The van der Waals surface area contributed by atoms with Gasteiger partial charge in [-0.15, -0.1) is 0 Å². The van der Waals surface area contributed by atoms with Crippen LogP contribution < -0.4 is 38.9 Å². The Labute approximate surface area is 209 Å². The van der Waals surface area contributed by atoms with E-state index in [-0.39, 0.29) is 43.3 Å². The third-order valence-electron chi connectivity index (χ3n) is 4.75. The molecule has 35 heavy (non-hydrogen) atoms. The number of amides is 4. The number of aliphatic carboxylic acids is 1. The molecule has 200 valence electrons. The summed E-state index contributed by atoms with van der Waals surface area (Å²) in [6, 6.07) is -4.47. The maximum atomic E-state index is 12.8. The number of carboxylic acid groups (broad SMARTS) is 1. The first-order chi connectivity index (χ1) is 16.3. The van der Waals surface area contributed by atoms with Crippen molar-refractivity contribution >= 4 is 48.2 Å². The van der Waals surface area contributed by atoms with Crippen molar-refractivity contribution in [3.8, 4) is 0 Å². The van der Waals surface area contributed by atoms with Crippen LogP contribution in [0.4, 0.5) is 0 Å². The Morgan fingerprint density at radius 3 is 1.91 bits per heavy atom. The van der Waals surface area contributed by atoms with Crippen LogP contribution in [0.1, 0.15) is 46.0 Å². The van der Waals surface area contributed by atoms with E-state index < -0.39 is 53.8 Å². The van der Waals surface area contributed by atoms with Crippen LogP contribution in [0.2, 0.25) is 0 Å². The molecule has 0 heterocycles. The van der Waals surface area contributed by atoms with E-state index in [0.29, 0.717) is 13.0 Å². The molecule has 0 aliphatic heterocycles. The molecule has 0 radical (unpaired) electrons. The van der Waals surface area contributed by atoms with E-state index in [1.165, 1.54) is 0 Å². The third-order valence-corrected chi connectivity index (χ3v) is 5.12. The Morgan fingerprint density at radius 2 is 1.43 bits per heavy atom. The fraction of sp³-hybridized carbons (Fsp3) is 0.700. The van der Waals surface area contributed by atoms with Crippen LogP contribution in [0.25, 0.3) is 0 Å². The highest BCUT2D eigenvalue weighted by Gasteiger charge is 2.30. The molecule has 12 N–H and O–H groups in total. The predicted molar refractivity (Wildman–Crippen MR) is 133 cm³/mol. The van der Waals surface area contributed by atoms with Crippen LogP contribution in [0.3, 0.4) is 0 Å². The summed E-state index contributed by atoms with van der Waals surface area (Å²) in [5, 5.41) is 16.7. The van der Waals surface area contributed by atoms with Crippen LogP contribution in [0.15, 0.2) is 4.99 Å². The SMILES string of the molecule is CC(C)CC(NC(=O)C(CS)NC(=O)C(N)CCCN=C(N)N)C(=O)NC(CCC(N)=O)C(=O)O. The van der Waals surface area contributed by atoms with E-state index >= 15 is 0 Å². The van der Waals surface area contributed by atoms with E-state index in [4.69, 9.17) is 22.9 Å². The van der Waals surface area contributed by atoms with Crippen molar-refractivity contribution in [2.24, 2.45) is 33.8 Å². The predicted octanol–water partition coefficient (Wildman–Crippen LogP) is -2.85. The first-order valence-corrected chi connectivity index (χ1v) is 11.8. The first kappa shape index (κ1) is 31.9. The molecular formula is C20H38N8O6S. The second-order valence-electron chi connectivity index (χ2n) is 8.39. The molecule has 0 aromatic carbocycles. The zero-order valence-corrected chi connectivity index (χ0v) is 20.9. The molecule has 0 fully saturated rings. The summed E-state index contributed by atoms with van der Waals surface area (Å²) < 4.78 is 0. The summed E-state index contributed by atoms with van der Waals surface area (Å²) in [4.78, 5) is 64.1. The fourth-order valence-corrected chi connectivity index (χ4v) is 3.17. The Balaban J connectivity index is 5.16. The number of aliphatic imine (C=N–C) groups is 1.